The lowest BCUT2D eigenvalue weighted by molar-refractivity contribution is 0.0820. The summed E-state index contributed by atoms with van der Waals surface area (Å²) in [5.41, 5.74) is 2.85. The fraction of sp³-hybridized carbons (Fsp3) is 0.625. The highest BCUT2D eigenvalue weighted by Crippen LogP contribution is 2.30. The van der Waals surface area contributed by atoms with Gasteiger partial charge < -0.3 is 15.0 Å². The topological polar surface area (TPSA) is 24.5 Å². The number of benzene rings is 1. The molecule has 2 unspecified atom stereocenters. The van der Waals surface area contributed by atoms with E-state index in [1.807, 2.05) is 20.0 Å². The fourth-order valence-corrected chi connectivity index (χ4v) is 2.67. The third-order valence-corrected chi connectivity index (χ3v) is 4.00. The van der Waals surface area contributed by atoms with E-state index in [0.717, 1.165) is 37.4 Å². The number of halogens is 1. The molecular formula is C16H25FN2O. The van der Waals surface area contributed by atoms with Crippen molar-refractivity contribution in [2.45, 2.75) is 39.3 Å². The standard InChI is InChI=1S/C16H25FN2O/c1-11-8-16(14(9-15(11)17)13(3)18-4)19-6-5-7-20-12(2)10-19/h8-9,12-13,18H,5-7,10H2,1-4H3. The van der Waals surface area contributed by atoms with E-state index in [1.165, 1.54) is 0 Å². The SMILES string of the molecule is CNC(C)c1cc(F)c(C)cc1N1CCCOC(C)C1. The molecule has 0 aromatic heterocycles. The molecule has 1 saturated heterocycles. The third kappa shape index (κ3) is 3.30. The lowest BCUT2D eigenvalue weighted by Crippen LogP contribution is -2.32. The average molecular weight is 280 g/mol. The molecule has 1 aromatic carbocycles. The van der Waals surface area contributed by atoms with Crippen LogP contribution in [0.4, 0.5) is 10.1 Å². The van der Waals surface area contributed by atoms with Crippen LogP contribution in [-0.4, -0.2) is 32.8 Å². The Morgan fingerprint density at radius 2 is 2.20 bits per heavy atom. The molecule has 2 atom stereocenters. The largest absolute Gasteiger partial charge is 0.377 e. The smallest absolute Gasteiger partial charge is 0.126 e. The Morgan fingerprint density at radius 1 is 1.45 bits per heavy atom. The van der Waals surface area contributed by atoms with Crippen LogP contribution in [0.2, 0.25) is 0 Å². The molecule has 0 spiro atoms. The highest BCUT2D eigenvalue weighted by molar-refractivity contribution is 5.57. The Kier molecular flexibility index (Phi) is 5.00. The number of nitrogens with one attached hydrogen (secondary N) is 1. The molecule has 0 bridgehead atoms. The highest BCUT2D eigenvalue weighted by Gasteiger charge is 2.21. The van der Waals surface area contributed by atoms with Crippen molar-refractivity contribution >= 4 is 5.69 Å². The zero-order chi connectivity index (χ0) is 14.7. The molecule has 3 nitrogen and oxygen atoms in total. The van der Waals surface area contributed by atoms with Gasteiger partial charge in [0.05, 0.1) is 6.10 Å². The lowest BCUT2D eigenvalue weighted by Gasteiger charge is -2.29. The lowest BCUT2D eigenvalue weighted by atomic mass is 10.0. The summed E-state index contributed by atoms with van der Waals surface area (Å²) in [7, 11) is 1.90. The predicted octanol–water partition coefficient (Wildman–Crippen LogP) is 3.03. The zero-order valence-corrected chi connectivity index (χ0v) is 12.9. The van der Waals surface area contributed by atoms with Gasteiger partial charge in [-0.3, -0.25) is 0 Å². The second kappa shape index (κ2) is 6.55. The summed E-state index contributed by atoms with van der Waals surface area (Å²) in [6.07, 6.45) is 1.22. The minimum Gasteiger partial charge on any atom is -0.377 e. The Balaban J connectivity index is 2.39. The zero-order valence-electron chi connectivity index (χ0n) is 12.9. The monoisotopic (exact) mass is 280 g/mol. The normalized spacial score (nSPS) is 21.6. The van der Waals surface area contributed by atoms with Crippen molar-refractivity contribution in [2.24, 2.45) is 0 Å². The molecule has 0 saturated carbocycles. The number of hydrogen-bond donors (Lipinski definition) is 1. The first-order valence-electron chi connectivity index (χ1n) is 7.36. The van der Waals surface area contributed by atoms with Gasteiger partial charge in [0, 0.05) is 31.4 Å². The van der Waals surface area contributed by atoms with Gasteiger partial charge in [-0.05, 0) is 57.5 Å². The van der Waals surface area contributed by atoms with E-state index >= 15 is 0 Å². The van der Waals surface area contributed by atoms with Gasteiger partial charge in [-0.1, -0.05) is 0 Å². The van der Waals surface area contributed by atoms with E-state index in [0.29, 0.717) is 5.56 Å². The van der Waals surface area contributed by atoms with Crippen LogP contribution in [0.25, 0.3) is 0 Å². The molecule has 1 heterocycles. The predicted molar refractivity (Wildman–Crippen MR) is 80.9 cm³/mol. The summed E-state index contributed by atoms with van der Waals surface area (Å²) >= 11 is 0. The third-order valence-electron chi connectivity index (χ3n) is 4.00. The van der Waals surface area contributed by atoms with E-state index in [2.05, 4.69) is 24.1 Å². The molecule has 0 amide bonds. The van der Waals surface area contributed by atoms with Crippen LogP contribution in [0, 0.1) is 12.7 Å². The first-order chi connectivity index (χ1) is 9.52. The summed E-state index contributed by atoms with van der Waals surface area (Å²) in [5.74, 6) is -0.134. The van der Waals surface area contributed by atoms with Gasteiger partial charge in [0.2, 0.25) is 0 Å². The van der Waals surface area contributed by atoms with Crippen LogP contribution < -0.4 is 10.2 Å². The Bertz CT molecular complexity index is 464. The van der Waals surface area contributed by atoms with E-state index in [4.69, 9.17) is 4.74 Å². The number of nitrogens with zero attached hydrogens (tertiary/aromatic N) is 1. The van der Waals surface area contributed by atoms with Crippen molar-refractivity contribution in [1.29, 1.82) is 0 Å². The molecule has 0 aliphatic carbocycles. The molecular weight excluding hydrogens is 255 g/mol. The second-order valence-corrected chi connectivity index (χ2v) is 5.65. The van der Waals surface area contributed by atoms with Crippen molar-refractivity contribution in [2.75, 3.05) is 31.6 Å². The summed E-state index contributed by atoms with van der Waals surface area (Å²) < 4.78 is 19.6. The molecule has 20 heavy (non-hydrogen) atoms. The molecule has 1 fully saturated rings. The second-order valence-electron chi connectivity index (χ2n) is 5.65. The van der Waals surface area contributed by atoms with Crippen LogP contribution in [0.15, 0.2) is 12.1 Å². The summed E-state index contributed by atoms with van der Waals surface area (Å²) in [4.78, 5) is 2.33. The van der Waals surface area contributed by atoms with Crippen LogP contribution in [0.1, 0.15) is 37.4 Å². The maximum absolute atomic E-state index is 13.9. The first kappa shape index (κ1) is 15.3. The van der Waals surface area contributed by atoms with Gasteiger partial charge in [0.15, 0.2) is 0 Å². The van der Waals surface area contributed by atoms with Crippen molar-refractivity contribution in [3.63, 3.8) is 0 Å². The number of rotatable bonds is 3. The molecule has 2 rings (SSSR count). The van der Waals surface area contributed by atoms with E-state index in [-0.39, 0.29) is 18.0 Å². The van der Waals surface area contributed by atoms with E-state index in [9.17, 15) is 4.39 Å². The number of ether oxygens (including phenoxy) is 1. The van der Waals surface area contributed by atoms with Crippen LogP contribution in [-0.2, 0) is 4.74 Å². The molecule has 1 aliphatic rings. The number of hydrogen-bond acceptors (Lipinski definition) is 3. The molecule has 0 radical (unpaired) electrons. The maximum atomic E-state index is 13.9. The van der Waals surface area contributed by atoms with Gasteiger partial charge in [-0.15, -0.1) is 0 Å². The van der Waals surface area contributed by atoms with E-state index < -0.39 is 0 Å². The Morgan fingerprint density at radius 3 is 2.90 bits per heavy atom. The van der Waals surface area contributed by atoms with Crippen LogP contribution in [0.5, 0.6) is 0 Å². The van der Waals surface area contributed by atoms with Crippen LogP contribution in [0.3, 0.4) is 0 Å². The summed E-state index contributed by atoms with van der Waals surface area (Å²) in [6, 6.07) is 3.76. The van der Waals surface area contributed by atoms with E-state index in [1.54, 1.807) is 6.07 Å². The maximum Gasteiger partial charge on any atom is 0.126 e. The molecule has 1 aromatic rings. The van der Waals surface area contributed by atoms with Crippen molar-refractivity contribution in [1.82, 2.24) is 5.32 Å². The quantitative estimate of drug-likeness (QED) is 0.921. The van der Waals surface area contributed by atoms with Crippen molar-refractivity contribution in [3.05, 3.63) is 29.1 Å². The molecule has 4 heteroatoms. The summed E-state index contributed by atoms with van der Waals surface area (Å²) in [6.45, 7) is 8.59. The minimum atomic E-state index is -0.134. The van der Waals surface area contributed by atoms with Crippen molar-refractivity contribution in [3.8, 4) is 0 Å². The van der Waals surface area contributed by atoms with Crippen molar-refractivity contribution < 1.29 is 9.13 Å². The Labute approximate surface area is 121 Å². The van der Waals surface area contributed by atoms with Gasteiger partial charge in [-0.2, -0.15) is 0 Å². The highest BCUT2D eigenvalue weighted by atomic mass is 19.1. The number of aryl methyl sites for hydroxylation is 1. The molecule has 1 N–H and O–H groups in total. The fourth-order valence-electron chi connectivity index (χ4n) is 2.67. The number of anilines is 1. The minimum absolute atomic E-state index is 0.125. The average Bonchev–Trinajstić information content (AvgIpc) is 2.65. The molecule has 112 valence electrons. The van der Waals surface area contributed by atoms with Gasteiger partial charge in [0.1, 0.15) is 5.82 Å². The first-order valence-corrected chi connectivity index (χ1v) is 7.36. The molecule has 1 aliphatic heterocycles. The van der Waals surface area contributed by atoms with Gasteiger partial charge in [0.25, 0.3) is 0 Å². The van der Waals surface area contributed by atoms with Crippen LogP contribution >= 0.6 is 0 Å². The van der Waals surface area contributed by atoms with Gasteiger partial charge >= 0.3 is 0 Å². The Hall–Kier alpha value is -1.13. The van der Waals surface area contributed by atoms with Gasteiger partial charge in [-0.25, -0.2) is 4.39 Å². The summed E-state index contributed by atoms with van der Waals surface area (Å²) in [5, 5.41) is 3.21.